The molecule has 0 radical (unpaired) electrons. The molecular formula is C19H28N4O4S. The number of hydrogen-bond acceptors (Lipinski definition) is 6. The van der Waals surface area contributed by atoms with Crippen LogP contribution in [-0.4, -0.2) is 55.0 Å². The molecule has 9 heteroatoms. The van der Waals surface area contributed by atoms with Gasteiger partial charge in [0.1, 0.15) is 11.4 Å². The Morgan fingerprint density at radius 3 is 2.61 bits per heavy atom. The van der Waals surface area contributed by atoms with E-state index < -0.39 is 15.6 Å². The van der Waals surface area contributed by atoms with Crippen LogP contribution in [0, 0.1) is 5.92 Å². The minimum atomic E-state index is -3.52. The lowest BCUT2D eigenvalue weighted by atomic mass is 9.96. The maximum Gasteiger partial charge on any atom is 0.326 e. The second kappa shape index (κ2) is 7.46. The van der Waals surface area contributed by atoms with Gasteiger partial charge in [-0.2, -0.15) is 0 Å². The van der Waals surface area contributed by atoms with Crippen LogP contribution < -0.4 is 5.32 Å². The Hall–Kier alpha value is -1.97. The van der Waals surface area contributed by atoms with E-state index in [0.717, 1.165) is 24.2 Å². The lowest BCUT2D eigenvalue weighted by Crippen LogP contribution is -2.52. The summed E-state index contributed by atoms with van der Waals surface area (Å²) in [6.07, 6.45) is 1.99. The summed E-state index contributed by atoms with van der Waals surface area (Å²) >= 11 is 0. The van der Waals surface area contributed by atoms with Crippen LogP contribution in [0.5, 0.6) is 0 Å². The summed E-state index contributed by atoms with van der Waals surface area (Å²) in [6.45, 7) is 4.96. The molecule has 1 aliphatic carbocycles. The molecule has 0 bridgehead atoms. The highest BCUT2D eigenvalue weighted by Gasteiger charge is 2.48. The van der Waals surface area contributed by atoms with E-state index in [1.54, 1.807) is 18.2 Å². The van der Waals surface area contributed by atoms with Crippen LogP contribution in [0.4, 0.5) is 0 Å². The Morgan fingerprint density at radius 2 is 2.07 bits per heavy atom. The van der Waals surface area contributed by atoms with Gasteiger partial charge in [0.2, 0.25) is 10.0 Å². The number of imidazole rings is 1. The number of hydrogen-bond donors (Lipinski definition) is 1. The minimum absolute atomic E-state index is 0.211. The fourth-order valence-corrected chi connectivity index (χ4v) is 4.46. The fraction of sp³-hybridized carbons (Fsp3) is 0.579. The second-order valence-corrected chi connectivity index (χ2v) is 9.68. The first-order valence-electron chi connectivity index (χ1n) is 9.40. The number of nitrogens with one attached hydrogen (secondary N) is 1. The number of ether oxygens (including phenoxy) is 1. The van der Waals surface area contributed by atoms with Gasteiger partial charge in [-0.3, -0.25) is 10.1 Å². The van der Waals surface area contributed by atoms with E-state index in [9.17, 15) is 13.2 Å². The standard InChI is InChI=1S/C19H28N4O4S/c1-6-23-16-10-9-14(28(25,26)22(3)4)11-15(16)21-17(23)12-20-19(2,13-7-8-13)18(24)27-5/h9-11,13,20H,6-8,12H2,1-5H3/t19-/m0/s1. The van der Waals surface area contributed by atoms with Crippen LogP contribution in [0.1, 0.15) is 32.5 Å². The molecule has 1 aliphatic rings. The molecule has 1 heterocycles. The van der Waals surface area contributed by atoms with Crippen molar-refractivity contribution >= 4 is 27.0 Å². The van der Waals surface area contributed by atoms with Crippen LogP contribution in [0.3, 0.4) is 0 Å². The van der Waals surface area contributed by atoms with Crippen LogP contribution in [0.25, 0.3) is 11.0 Å². The van der Waals surface area contributed by atoms with Crippen molar-refractivity contribution in [3.63, 3.8) is 0 Å². The predicted octanol–water partition coefficient (Wildman–Crippen LogP) is 1.74. The van der Waals surface area contributed by atoms with Gasteiger partial charge in [0.05, 0.1) is 29.6 Å². The summed E-state index contributed by atoms with van der Waals surface area (Å²) in [5, 5.41) is 3.34. The molecule has 1 atom stereocenters. The number of nitrogens with zero attached hydrogens (tertiary/aromatic N) is 3. The lowest BCUT2D eigenvalue weighted by molar-refractivity contribution is -0.149. The molecule has 2 aromatic rings. The van der Waals surface area contributed by atoms with Crippen LogP contribution in [0.2, 0.25) is 0 Å². The maximum atomic E-state index is 12.4. The van der Waals surface area contributed by atoms with Crippen molar-refractivity contribution in [2.45, 2.75) is 50.2 Å². The number of methoxy groups -OCH3 is 1. The van der Waals surface area contributed by atoms with Crippen molar-refractivity contribution in [1.82, 2.24) is 19.2 Å². The van der Waals surface area contributed by atoms with Crippen molar-refractivity contribution in [2.75, 3.05) is 21.2 Å². The third-order valence-electron chi connectivity index (χ3n) is 5.51. The van der Waals surface area contributed by atoms with E-state index in [2.05, 4.69) is 10.3 Å². The highest BCUT2D eigenvalue weighted by molar-refractivity contribution is 7.89. The quantitative estimate of drug-likeness (QED) is 0.669. The Bertz CT molecular complexity index is 995. The molecule has 1 N–H and O–H groups in total. The highest BCUT2D eigenvalue weighted by atomic mass is 32.2. The minimum Gasteiger partial charge on any atom is -0.468 e. The van der Waals surface area contributed by atoms with E-state index in [1.165, 1.54) is 25.5 Å². The number of rotatable bonds is 8. The van der Waals surface area contributed by atoms with Gasteiger partial charge in [-0.05, 0) is 50.8 Å². The first-order chi connectivity index (χ1) is 13.1. The molecule has 0 saturated heterocycles. The Balaban J connectivity index is 1.94. The first-order valence-corrected chi connectivity index (χ1v) is 10.8. The molecule has 0 spiro atoms. The highest BCUT2D eigenvalue weighted by Crippen LogP contribution is 2.40. The normalized spacial score (nSPS) is 17.1. The number of benzene rings is 1. The zero-order chi connectivity index (χ0) is 20.7. The number of carbonyl (C=O) groups is 1. The van der Waals surface area contributed by atoms with Crippen molar-refractivity contribution in [3.8, 4) is 0 Å². The summed E-state index contributed by atoms with van der Waals surface area (Å²) in [5.74, 6) is 0.748. The smallest absolute Gasteiger partial charge is 0.326 e. The van der Waals surface area contributed by atoms with E-state index in [0.29, 0.717) is 18.6 Å². The van der Waals surface area contributed by atoms with Gasteiger partial charge >= 0.3 is 5.97 Å². The van der Waals surface area contributed by atoms with E-state index in [-0.39, 0.29) is 16.8 Å². The van der Waals surface area contributed by atoms with Gasteiger partial charge in [-0.1, -0.05) is 0 Å². The molecule has 154 valence electrons. The summed E-state index contributed by atoms with van der Waals surface area (Å²) in [6, 6.07) is 4.98. The monoisotopic (exact) mass is 408 g/mol. The Morgan fingerprint density at radius 1 is 1.39 bits per heavy atom. The van der Waals surface area contributed by atoms with Crippen molar-refractivity contribution in [2.24, 2.45) is 5.92 Å². The first kappa shape index (κ1) is 20.8. The zero-order valence-electron chi connectivity index (χ0n) is 17.0. The van der Waals surface area contributed by atoms with E-state index in [1.807, 2.05) is 18.4 Å². The molecule has 1 fully saturated rings. The average Bonchev–Trinajstić information content (AvgIpc) is 3.46. The van der Waals surface area contributed by atoms with Crippen molar-refractivity contribution in [3.05, 3.63) is 24.0 Å². The summed E-state index contributed by atoms with van der Waals surface area (Å²) in [7, 11) is 0.887. The van der Waals surface area contributed by atoms with Gasteiger partial charge in [-0.25, -0.2) is 17.7 Å². The SMILES string of the molecule is CCn1c(CN[C@](C)(C(=O)OC)C2CC2)nc2cc(S(=O)(=O)N(C)C)ccc21. The Kier molecular flexibility index (Phi) is 5.53. The number of fused-ring (bicyclic) bond motifs is 1. The summed E-state index contributed by atoms with van der Waals surface area (Å²) in [5.41, 5.74) is 0.737. The maximum absolute atomic E-state index is 12.4. The van der Waals surface area contributed by atoms with Crippen LogP contribution in [0.15, 0.2) is 23.1 Å². The van der Waals surface area contributed by atoms with Gasteiger partial charge in [0.25, 0.3) is 0 Å². The van der Waals surface area contributed by atoms with Crippen molar-refractivity contribution < 1.29 is 17.9 Å². The van der Waals surface area contributed by atoms with Gasteiger partial charge in [-0.15, -0.1) is 0 Å². The molecular weight excluding hydrogens is 380 g/mol. The molecule has 0 amide bonds. The van der Waals surface area contributed by atoms with E-state index >= 15 is 0 Å². The zero-order valence-corrected chi connectivity index (χ0v) is 17.8. The summed E-state index contributed by atoms with van der Waals surface area (Å²) < 4.78 is 33.0. The Labute approximate surface area is 165 Å². The molecule has 28 heavy (non-hydrogen) atoms. The number of aromatic nitrogens is 2. The van der Waals surface area contributed by atoms with Crippen LogP contribution >= 0.6 is 0 Å². The average molecular weight is 409 g/mol. The molecule has 0 aliphatic heterocycles. The van der Waals surface area contributed by atoms with Gasteiger partial charge < -0.3 is 9.30 Å². The molecule has 8 nitrogen and oxygen atoms in total. The number of sulfonamides is 1. The third-order valence-corrected chi connectivity index (χ3v) is 7.32. The predicted molar refractivity (Wildman–Crippen MR) is 106 cm³/mol. The lowest BCUT2D eigenvalue weighted by Gasteiger charge is -2.28. The van der Waals surface area contributed by atoms with Crippen molar-refractivity contribution in [1.29, 1.82) is 0 Å². The molecule has 0 unspecified atom stereocenters. The number of carbonyl (C=O) groups excluding carboxylic acids is 1. The van der Waals surface area contributed by atoms with Gasteiger partial charge in [0, 0.05) is 20.6 Å². The van der Waals surface area contributed by atoms with E-state index in [4.69, 9.17) is 4.74 Å². The van der Waals surface area contributed by atoms with Gasteiger partial charge in [0.15, 0.2) is 0 Å². The van der Waals surface area contributed by atoms with Crippen LogP contribution in [-0.2, 0) is 32.6 Å². The molecule has 1 saturated carbocycles. The topological polar surface area (TPSA) is 93.5 Å². The number of esters is 1. The second-order valence-electron chi connectivity index (χ2n) is 7.53. The molecule has 3 rings (SSSR count). The largest absolute Gasteiger partial charge is 0.468 e. The molecule has 1 aromatic carbocycles. The third kappa shape index (κ3) is 3.54. The summed E-state index contributed by atoms with van der Waals surface area (Å²) in [4.78, 5) is 17.2. The molecule has 1 aromatic heterocycles. The fourth-order valence-electron chi connectivity index (χ4n) is 3.54. The number of aryl methyl sites for hydroxylation is 1.